The SMILES string of the molecule is CC/C=C\C/C=C\C/C=C\C/C=C\CCCCCCC(=O)O[C@H](COC(=O)CCCCC/C=C\C/C=C\C/C=C\C/C=C\CCCCC)COC(=O)CCCCCCC/C=C\CCCCCC. The van der Waals surface area contributed by atoms with Crippen LogP contribution in [-0.4, -0.2) is 37.2 Å². The highest BCUT2D eigenvalue weighted by molar-refractivity contribution is 5.71. The van der Waals surface area contributed by atoms with Crippen molar-refractivity contribution in [3.63, 3.8) is 0 Å². The van der Waals surface area contributed by atoms with Crippen LogP contribution in [0.4, 0.5) is 0 Å². The Morgan fingerprint density at radius 3 is 0.970 bits per heavy atom. The lowest BCUT2D eigenvalue weighted by Gasteiger charge is -2.18. The lowest BCUT2D eigenvalue weighted by molar-refractivity contribution is -0.167. The summed E-state index contributed by atoms with van der Waals surface area (Å²) in [5.41, 5.74) is 0. The van der Waals surface area contributed by atoms with Gasteiger partial charge in [-0.3, -0.25) is 14.4 Å². The molecule has 0 saturated carbocycles. The fourth-order valence-electron chi connectivity index (χ4n) is 7.12. The third-order valence-electron chi connectivity index (χ3n) is 11.2. The smallest absolute Gasteiger partial charge is 0.306 e. The maximum atomic E-state index is 12.8. The highest BCUT2D eigenvalue weighted by atomic mass is 16.6. The van der Waals surface area contributed by atoms with E-state index in [2.05, 4.69) is 130 Å². The monoisotopic (exact) mass is 929 g/mol. The summed E-state index contributed by atoms with van der Waals surface area (Å²) in [6, 6.07) is 0. The largest absolute Gasteiger partial charge is 0.462 e. The number of unbranched alkanes of at least 4 members (excludes halogenated alkanes) is 19. The summed E-state index contributed by atoms with van der Waals surface area (Å²) in [5, 5.41) is 0. The van der Waals surface area contributed by atoms with Crippen LogP contribution in [0.3, 0.4) is 0 Å². The molecular weight excluding hydrogens is 829 g/mol. The minimum atomic E-state index is -0.810. The molecule has 0 fully saturated rings. The number of hydrogen-bond acceptors (Lipinski definition) is 6. The zero-order valence-corrected chi connectivity index (χ0v) is 43.4. The molecule has 0 bridgehead atoms. The van der Waals surface area contributed by atoms with Crippen molar-refractivity contribution in [2.24, 2.45) is 0 Å². The summed E-state index contributed by atoms with van der Waals surface area (Å²) in [6.07, 6.45) is 73.5. The summed E-state index contributed by atoms with van der Waals surface area (Å²) in [4.78, 5) is 38.1. The molecule has 0 rings (SSSR count). The lowest BCUT2D eigenvalue weighted by Crippen LogP contribution is -2.30. The molecule has 0 aromatic heterocycles. The number of hydrogen-bond donors (Lipinski definition) is 0. The predicted molar refractivity (Wildman–Crippen MR) is 288 cm³/mol. The van der Waals surface area contributed by atoms with Crippen molar-refractivity contribution in [3.05, 3.63) is 109 Å². The maximum Gasteiger partial charge on any atom is 0.306 e. The Kier molecular flexibility index (Phi) is 51.5. The first-order chi connectivity index (χ1) is 33.0. The molecule has 0 aliphatic carbocycles. The first kappa shape index (κ1) is 63.1. The predicted octanol–water partition coefficient (Wildman–Crippen LogP) is 18.3. The van der Waals surface area contributed by atoms with Gasteiger partial charge < -0.3 is 14.2 Å². The maximum absolute atomic E-state index is 12.8. The molecule has 0 aromatic rings. The first-order valence-corrected chi connectivity index (χ1v) is 27.4. The third-order valence-corrected chi connectivity index (χ3v) is 11.2. The van der Waals surface area contributed by atoms with E-state index in [1.54, 1.807) is 0 Å². The van der Waals surface area contributed by atoms with Crippen LogP contribution in [0.1, 0.15) is 239 Å². The van der Waals surface area contributed by atoms with Crippen molar-refractivity contribution in [1.82, 2.24) is 0 Å². The van der Waals surface area contributed by atoms with Gasteiger partial charge >= 0.3 is 17.9 Å². The topological polar surface area (TPSA) is 78.9 Å². The Morgan fingerprint density at radius 1 is 0.313 bits per heavy atom. The molecule has 0 radical (unpaired) electrons. The molecule has 0 spiro atoms. The van der Waals surface area contributed by atoms with E-state index in [9.17, 15) is 14.4 Å². The minimum Gasteiger partial charge on any atom is -0.462 e. The summed E-state index contributed by atoms with van der Waals surface area (Å²) >= 11 is 0. The normalized spacial score (nSPS) is 12.9. The van der Waals surface area contributed by atoms with Crippen molar-refractivity contribution in [2.75, 3.05) is 13.2 Å². The highest BCUT2D eigenvalue weighted by Crippen LogP contribution is 2.13. The number of carbonyl (C=O) groups excluding carboxylic acids is 3. The van der Waals surface area contributed by atoms with Gasteiger partial charge in [-0.2, -0.15) is 0 Å². The van der Waals surface area contributed by atoms with Crippen LogP contribution in [0.15, 0.2) is 109 Å². The average molecular weight is 929 g/mol. The van der Waals surface area contributed by atoms with Crippen LogP contribution < -0.4 is 0 Å². The average Bonchev–Trinajstić information content (AvgIpc) is 3.33. The quantitative estimate of drug-likeness (QED) is 0.0262. The van der Waals surface area contributed by atoms with E-state index in [0.29, 0.717) is 12.8 Å². The van der Waals surface area contributed by atoms with Crippen molar-refractivity contribution in [2.45, 2.75) is 245 Å². The van der Waals surface area contributed by atoms with Crippen LogP contribution in [-0.2, 0) is 28.6 Å². The van der Waals surface area contributed by atoms with Gasteiger partial charge in [0.15, 0.2) is 6.10 Å². The molecule has 0 aliphatic heterocycles. The van der Waals surface area contributed by atoms with Crippen molar-refractivity contribution in [1.29, 1.82) is 0 Å². The van der Waals surface area contributed by atoms with Gasteiger partial charge in [0, 0.05) is 19.3 Å². The van der Waals surface area contributed by atoms with Crippen molar-refractivity contribution >= 4 is 17.9 Å². The Balaban J connectivity index is 4.51. The van der Waals surface area contributed by atoms with Gasteiger partial charge in [0.05, 0.1) is 0 Å². The van der Waals surface area contributed by atoms with Gasteiger partial charge in [0.1, 0.15) is 13.2 Å². The van der Waals surface area contributed by atoms with Crippen LogP contribution in [0.25, 0.3) is 0 Å². The third kappa shape index (κ3) is 52.9. The van der Waals surface area contributed by atoms with Crippen LogP contribution in [0, 0.1) is 0 Å². The fourth-order valence-corrected chi connectivity index (χ4v) is 7.12. The molecule has 0 N–H and O–H groups in total. The fraction of sp³-hybridized carbons (Fsp3) is 0.656. The van der Waals surface area contributed by atoms with Gasteiger partial charge in [-0.05, 0) is 128 Å². The molecular formula is C61H100O6. The number of carbonyl (C=O) groups is 3. The number of rotatable bonds is 48. The van der Waals surface area contributed by atoms with Crippen LogP contribution in [0.2, 0.25) is 0 Å². The van der Waals surface area contributed by atoms with Crippen molar-refractivity contribution in [3.8, 4) is 0 Å². The van der Waals surface area contributed by atoms with Gasteiger partial charge in [-0.25, -0.2) is 0 Å². The zero-order chi connectivity index (χ0) is 48.6. The molecule has 380 valence electrons. The Labute approximate surface area is 412 Å². The van der Waals surface area contributed by atoms with Gasteiger partial charge in [-0.1, -0.05) is 201 Å². The molecule has 1 atom stereocenters. The molecule has 6 heteroatoms. The van der Waals surface area contributed by atoms with Gasteiger partial charge in [0.25, 0.3) is 0 Å². The van der Waals surface area contributed by atoms with Crippen LogP contribution in [0.5, 0.6) is 0 Å². The number of ether oxygens (including phenoxy) is 3. The molecule has 67 heavy (non-hydrogen) atoms. The second-order valence-electron chi connectivity index (χ2n) is 17.7. The Morgan fingerprint density at radius 2 is 0.582 bits per heavy atom. The summed E-state index contributed by atoms with van der Waals surface area (Å²) in [7, 11) is 0. The van der Waals surface area contributed by atoms with E-state index in [-0.39, 0.29) is 37.5 Å². The van der Waals surface area contributed by atoms with E-state index < -0.39 is 6.10 Å². The Bertz CT molecular complexity index is 1390. The first-order valence-electron chi connectivity index (χ1n) is 27.4. The highest BCUT2D eigenvalue weighted by Gasteiger charge is 2.19. The molecule has 0 unspecified atom stereocenters. The lowest BCUT2D eigenvalue weighted by atomic mass is 10.1. The summed E-state index contributed by atoms with van der Waals surface area (Å²) < 4.78 is 16.8. The summed E-state index contributed by atoms with van der Waals surface area (Å²) in [6.45, 7) is 6.42. The van der Waals surface area contributed by atoms with E-state index in [1.165, 1.54) is 64.2 Å². The molecule has 0 heterocycles. The van der Waals surface area contributed by atoms with Crippen LogP contribution >= 0.6 is 0 Å². The van der Waals surface area contributed by atoms with E-state index >= 15 is 0 Å². The summed E-state index contributed by atoms with van der Waals surface area (Å²) in [5.74, 6) is -0.971. The molecule has 0 amide bonds. The minimum absolute atomic E-state index is 0.105. The van der Waals surface area contributed by atoms with E-state index in [0.717, 1.165) is 135 Å². The number of esters is 3. The standard InChI is InChI=1S/C61H100O6/c1-4-7-10-13-16-19-22-25-27-29-30-32-33-36-39-42-45-48-51-54-60(63)66-57-58(56-65-59(62)53-50-47-44-41-38-35-24-21-18-15-12-9-6-3)67-61(64)55-52-49-46-43-40-37-34-31-28-26-23-20-17-14-11-8-5-2/h8,11,16-17,19-21,24-28,30,32,34,36-37,39,58H,4-7,9-10,12-15,18,22-23,29,31,33,35,38,40-57H2,1-3H3/b11-8-,19-16-,20-17-,24-21-,27-25-,28-26-,32-30-,37-34-,39-36-/t58-/m0/s1. The second-order valence-corrected chi connectivity index (χ2v) is 17.7. The van der Waals surface area contributed by atoms with E-state index in [4.69, 9.17) is 14.2 Å². The molecule has 6 nitrogen and oxygen atoms in total. The molecule has 0 aromatic carbocycles. The zero-order valence-electron chi connectivity index (χ0n) is 43.4. The van der Waals surface area contributed by atoms with Crippen molar-refractivity contribution < 1.29 is 28.6 Å². The molecule has 0 saturated heterocycles. The van der Waals surface area contributed by atoms with Gasteiger partial charge in [-0.15, -0.1) is 0 Å². The van der Waals surface area contributed by atoms with Gasteiger partial charge in [0.2, 0.25) is 0 Å². The second kappa shape index (κ2) is 54.7. The van der Waals surface area contributed by atoms with E-state index in [1.807, 2.05) is 0 Å². The molecule has 0 aliphatic rings. The number of allylic oxidation sites excluding steroid dienone is 18. The Hall–Kier alpha value is -3.93.